The third kappa shape index (κ3) is 4.73. The van der Waals surface area contributed by atoms with Gasteiger partial charge in [0.25, 0.3) is 0 Å². The summed E-state index contributed by atoms with van der Waals surface area (Å²) in [6.45, 7) is 1.86. The molecule has 0 bridgehead atoms. The third-order valence-corrected chi connectivity index (χ3v) is 3.39. The number of hydrogen-bond acceptors (Lipinski definition) is 3. The van der Waals surface area contributed by atoms with Gasteiger partial charge in [-0.25, -0.2) is 0 Å². The number of hydrogen-bond donors (Lipinski definition) is 3. The molecule has 0 aliphatic heterocycles. The number of rotatable bonds is 6. The molecule has 0 aromatic rings. The van der Waals surface area contributed by atoms with Crippen molar-refractivity contribution in [2.24, 2.45) is 5.73 Å². The van der Waals surface area contributed by atoms with Gasteiger partial charge in [-0.1, -0.05) is 19.8 Å². The zero-order valence-corrected chi connectivity index (χ0v) is 10.4. The molecule has 1 amide bonds. The van der Waals surface area contributed by atoms with Gasteiger partial charge in [0.2, 0.25) is 5.91 Å². The fourth-order valence-corrected chi connectivity index (χ4v) is 2.36. The van der Waals surface area contributed by atoms with Crippen LogP contribution in [0.3, 0.4) is 0 Å². The fourth-order valence-electron chi connectivity index (χ4n) is 2.36. The van der Waals surface area contributed by atoms with Crippen LogP contribution in [0.5, 0.6) is 0 Å². The first-order valence-electron chi connectivity index (χ1n) is 6.25. The standard InChI is InChI=1S/C12H22N2O3/c1-2-9(7-11(16)17)14-10(15)8-12(13)5-3-4-6-12/h9H,2-8,13H2,1H3,(H,14,15)(H,16,17). The lowest BCUT2D eigenvalue weighted by atomic mass is 9.94. The highest BCUT2D eigenvalue weighted by molar-refractivity contribution is 5.78. The van der Waals surface area contributed by atoms with Crippen molar-refractivity contribution < 1.29 is 14.7 Å². The molecular formula is C12H22N2O3. The zero-order valence-electron chi connectivity index (χ0n) is 10.4. The topological polar surface area (TPSA) is 92.4 Å². The summed E-state index contributed by atoms with van der Waals surface area (Å²) in [6, 6.07) is -0.287. The number of nitrogens with two attached hydrogens (primary N) is 1. The van der Waals surface area contributed by atoms with Crippen molar-refractivity contribution in [3.63, 3.8) is 0 Å². The van der Waals surface area contributed by atoms with Crippen LogP contribution in [-0.4, -0.2) is 28.6 Å². The van der Waals surface area contributed by atoms with Gasteiger partial charge in [-0.2, -0.15) is 0 Å². The molecule has 1 unspecified atom stereocenters. The first kappa shape index (κ1) is 14.0. The van der Waals surface area contributed by atoms with Gasteiger partial charge in [0.05, 0.1) is 6.42 Å². The lowest BCUT2D eigenvalue weighted by Gasteiger charge is -2.24. The average molecular weight is 242 g/mol. The smallest absolute Gasteiger partial charge is 0.305 e. The Morgan fingerprint density at radius 2 is 2.00 bits per heavy atom. The van der Waals surface area contributed by atoms with Gasteiger partial charge in [-0.15, -0.1) is 0 Å². The Labute approximate surface area is 102 Å². The highest BCUT2D eigenvalue weighted by atomic mass is 16.4. The summed E-state index contributed by atoms with van der Waals surface area (Å²) in [7, 11) is 0. The maximum absolute atomic E-state index is 11.8. The van der Waals surface area contributed by atoms with Crippen molar-refractivity contribution in [1.82, 2.24) is 5.32 Å². The summed E-state index contributed by atoms with van der Waals surface area (Å²) in [5, 5.41) is 11.4. The van der Waals surface area contributed by atoms with Crippen molar-refractivity contribution in [1.29, 1.82) is 0 Å². The molecule has 0 aromatic heterocycles. The molecule has 0 aromatic carbocycles. The monoisotopic (exact) mass is 242 g/mol. The maximum atomic E-state index is 11.8. The summed E-state index contributed by atoms with van der Waals surface area (Å²) < 4.78 is 0. The van der Waals surface area contributed by atoms with Gasteiger partial charge < -0.3 is 16.2 Å². The first-order chi connectivity index (χ1) is 7.95. The number of carboxylic acids is 1. The van der Waals surface area contributed by atoms with Crippen LogP contribution < -0.4 is 11.1 Å². The van der Waals surface area contributed by atoms with E-state index in [1.54, 1.807) is 0 Å². The van der Waals surface area contributed by atoms with Crippen molar-refractivity contribution in [2.45, 2.75) is 63.5 Å². The van der Waals surface area contributed by atoms with Crippen molar-refractivity contribution in [3.05, 3.63) is 0 Å². The molecule has 0 heterocycles. The Balaban J connectivity index is 2.39. The molecule has 4 N–H and O–H groups in total. The molecule has 1 saturated carbocycles. The first-order valence-corrected chi connectivity index (χ1v) is 6.25. The minimum atomic E-state index is -0.888. The van der Waals surface area contributed by atoms with E-state index in [-0.39, 0.29) is 23.9 Å². The summed E-state index contributed by atoms with van der Waals surface area (Å²) in [5.41, 5.74) is 5.73. The van der Waals surface area contributed by atoms with Crippen LogP contribution in [0.15, 0.2) is 0 Å². The van der Waals surface area contributed by atoms with E-state index >= 15 is 0 Å². The molecule has 0 saturated heterocycles. The molecule has 1 fully saturated rings. The van der Waals surface area contributed by atoms with E-state index in [4.69, 9.17) is 10.8 Å². The summed E-state index contributed by atoms with van der Waals surface area (Å²) in [4.78, 5) is 22.4. The average Bonchev–Trinajstić information content (AvgIpc) is 2.62. The van der Waals surface area contributed by atoms with Gasteiger partial charge in [-0.05, 0) is 19.3 Å². The largest absolute Gasteiger partial charge is 0.481 e. The van der Waals surface area contributed by atoms with Crippen molar-refractivity contribution >= 4 is 11.9 Å². The fraction of sp³-hybridized carbons (Fsp3) is 0.833. The highest BCUT2D eigenvalue weighted by Crippen LogP contribution is 2.29. The van der Waals surface area contributed by atoms with Crippen LogP contribution in [0.1, 0.15) is 51.9 Å². The van der Waals surface area contributed by atoms with Crippen LogP contribution >= 0.6 is 0 Å². The van der Waals surface area contributed by atoms with Crippen LogP contribution in [0, 0.1) is 0 Å². The Kier molecular flexibility index (Phi) is 4.93. The second kappa shape index (κ2) is 6.00. The lowest BCUT2D eigenvalue weighted by molar-refractivity contribution is -0.137. The quantitative estimate of drug-likeness (QED) is 0.648. The predicted molar refractivity (Wildman–Crippen MR) is 64.5 cm³/mol. The molecule has 1 rings (SSSR count). The Morgan fingerprint density at radius 3 is 2.47 bits per heavy atom. The van der Waals surface area contributed by atoms with E-state index in [1.807, 2.05) is 6.92 Å². The molecule has 5 nitrogen and oxygen atoms in total. The van der Waals surface area contributed by atoms with Gasteiger partial charge in [-0.3, -0.25) is 9.59 Å². The number of nitrogens with one attached hydrogen (secondary N) is 1. The van der Waals surface area contributed by atoms with Gasteiger partial charge in [0.1, 0.15) is 0 Å². The van der Waals surface area contributed by atoms with E-state index in [0.717, 1.165) is 25.7 Å². The number of amides is 1. The molecule has 1 atom stereocenters. The van der Waals surface area contributed by atoms with E-state index in [0.29, 0.717) is 12.8 Å². The number of carbonyl (C=O) groups excluding carboxylic acids is 1. The lowest BCUT2D eigenvalue weighted by Crippen LogP contribution is -2.45. The highest BCUT2D eigenvalue weighted by Gasteiger charge is 2.32. The minimum Gasteiger partial charge on any atom is -0.481 e. The number of carboxylic acid groups (broad SMARTS) is 1. The SMILES string of the molecule is CCC(CC(=O)O)NC(=O)CC1(N)CCCC1. The molecular weight excluding hydrogens is 220 g/mol. The Hall–Kier alpha value is -1.10. The van der Waals surface area contributed by atoms with Crippen LogP contribution in [0.25, 0.3) is 0 Å². The van der Waals surface area contributed by atoms with Crippen LogP contribution in [0.2, 0.25) is 0 Å². The van der Waals surface area contributed by atoms with Gasteiger partial charge in [0, 0.05) is 18.0 Å². The summed E-state index contributed by atoms with van der Waals surface area (Å²) in [5.74, 6) is -1.01. The normalized spacial score (nSPS) is 19.9. The number of carbonyl (C=O) groups is 2. The van der Waals surface area contributed by atoms with E-state index in [1.165, 1.54) is 0 Å². The van der Waals surface area contributed by atoms with Crippen LogP contribution in [0.4, 0.5) is 0 Å². The van der Waals surface area contributed by atoms with Crippen molar-refractivity contribution in [3.8, 4) is 0 Å². The molecule has 5 heteroatoms. The van der Waals surface area contributed by atoms with E-state index in [9.17, 15) is 9.59 Å². The Bertz CT molecular complexity index is 285. The Morgan fingerprint density at radius 1 is 1.41 bits per heavy atom. The molecule has 0 spiro atoms. The van der Waals surface area contributed by atoms with E-state index < -0.39 is 5.97 Å². The van der Waals surface area contributed by atoms with E-state index in [2.05, 4.69) is 5.32 Å². The van der Waals surface area contributed by atoms with Gasteiger partial charge in [0.15, 0.2) is 0 Å². The zero-order chi connectivity index (χ0) is 12.9. The second-order valence-corrected chi connectivity index (χ2v) is 5.02. The minimum absolute atomic E-state index is 0.0280. The van der Waals surface area contributed by atoms with Crippen LogP contribution in [-0.2, 0) is 9.59 Å². The maximum Gasteiger partial charge on any atom is 0.305 e. The molecule has 1 aliphatic rings. The predicted octanol–water partition coefficient (Wildman–Crippen LogP) is 1.02. The number of aliphatic carboxylic acids is 1. The third-order valence-electron chi connectivity index (χ3n) is 3.39. The summed E-state index contributed by atoms with van der Waals surface area (Å²) >= 11 is 0. The van der Waals surface area contributed by atoms with Gasteiger partial charge >= 0.3 is 5.97 Å². The second-order valence-electron chi connectivity index (χ2n) is 5.02. The molecule has 98 valence electrons. The van der Waals surface area contributed by atoms with Crippen molar-refractivity contribution in [2.75, 3.05) is 0 Å². The molecule has 0 radical (unpaired) electrons. The molecule has 1 aliphatic carbocycles. The summed E-state index contributed by atoms with van der Waals surface area (Å²) in [6.07, 6.45) is 4.83. The molecule has 17 heavy (non-hydrogen) atoms.